The minimum atomic E-state index is -0.0869. The van der Waals surface area contributed by atoms with Gasteiger partial charge in [0, 0.05) is 43.4 Å². The first kappa shape index (κ1) is 17.9. The molecule has 5 nitrogen and oxygen atoms in total. The fourth-order valence-electron chi connectivity index (χ4n) is 3.63. The van der Waals surface area contributed by atoms with Crippen LogP contribution in [0.3, 0.4) is 0 Å². The van der Waals surface area contributed by atoms with Gasteiger partial charge in [-0.25, -0.2) is 0 Å². The zero-order valence-electron chi connectivity index (χ0n) is 14.9. The van der Waals surface area contributed by atoms with Crippen molar-refractivity contribution in [2.24, 2.45) is 0 Å². The molecule has 0 N–H and O–H groups in total. The number of hydrogen-bond donors (Lipinski definition) is 0. The zero-order valence-corrected chi connectivity index (χ0v) is 15.7. The molecule has 0 radical (unpaired) electrons. The third kappa shape index (κ3) is 4.36. The zero-order chi connectivity index (χ0) is 17.2. The summed E-state index contributed by atoms with van der Waals surface area (Å²) in [6.45, 7) is 6.01. The van der Waals surface area contributed by atoms with Gasteiger partial charge in [-0.2, -0.15) is 0 Å². The van der Waals surface area contributed by atoms with Gasteiger partial charge in [-0.3, -0.25) is 9.69 Å². The lowest BCUT2D eigenvalue weighted by Crippen LogP contribution is -2.47. The van der Waals surface area contributed by atoms with E-state index in [1.807, 2.05) is 11.3 Å². The van der Waals surface area contributed by atoms with Crippen LogP contribution in [-0.2, 0) is 20.8 Å². The van der Waals surface area contributed by atoms with Crippen molar-refractivity contribution in [3.63, 3.8) is 0 Å². The number of aryl methyl sites for hydroxylation is 1. The minimum Gasteiger partial charge on any atom is -0.371 e. The Kier molecular flexibility index (Phi) is 5.59. The predicted molar refractivity (Wildman–Crippen MR) is 95.3 cm³/mol. The summed E-state index contributed by atoms with van der Waals surface area (Å²) in [5.74, 6) is 0.00860. The number of amides is 1. The first-order chi connectivity index (χ1) is 11.5. The van der Waals surface area contributed by atoms with Crippen molar-refractivity contribution in [1.29, 1.82) is 0 Å². The first-order valence-corrected chi connectivity index (χ1v) is 9.51. The molecule has 0 aliphatic carbocycles. The molecular formula is C18H28N2O3S. The summed E-state index contributed by atoms with van der Waals surface area (Å²) in [5.41, 5.74) is -0.0869. The van der Waals surface area contributed by atoms with E-state index in [1.165, 1.54) is 9.75 Å². The lowest BCUT2D eigenvalue weighted by molar-refractivity contribution is -0.135. The maximum atomic E-state index is 11.7. The van der Waals surface area contributed by atoms with Gasteiger partial charge >= 0.3 is 0 Å². The number of carbonyl (C=O) groups excluding carboxylic acids is 1. The van der Waals surface area contributed by atoms with E-state index in [4.69, 9.17) is 9.47 Å². The highest BCUT2D eigenvalue weighted by molar-refractivity contribution is 7.11. The molecule has 3 heterocycles. The highest BCUT2D eigenvalue weighted by Gasteiger charge is 2.44. The topological polar surface area (TPSA) is 42.0 Å². The quantitative estimate of drug-likeness (QED) is 0.815. The first-order valence-electron chi connectivity index (χ1n) is 8.69. The fraction of sp³-hybridized carbons (Fsp3) is 0.722. The summed E-state index contributed by atoms with van der Waals surface area (Å²) in [6.07, 6.45) is 3.19. The van der Waals surface area contributed by atoms with E-state index in [9.17, 15) is 4.79 Å². The highest BCUT2D eigenvalue weighted by atomic mass is 32.1. The molecule has 1 aromatic rings. The van der Waals surface area contributed by atoms with Crippen LogP contribution in [0.1, 0.15) is 29.0 Å². The van der Waals surface area contributed by atoms with Gasteiger partial charge in [-0.15, -0.1) is 11.3 Å². The van der Waals surface area contributed by atoms with Crippen molar-refractivity contribution in [2.75, 3.05) is 40.4 Å². The Morgan fingerprint density at radius 1 is 1.50 bits per heavy atom. The Morgan fingerprint density at radius 3 is 3.04 bits per heavy atom. The Hall–Kier alpha value is -0.950. The van der Waals surface area contributed by atoms with E-state index >= 15 is 0 Å². The molecule has 24 heavy (non-hydrogen) atoms. The van der Waals surface area contributed by atoms with Gasteiger partial charge < -0.3 is 14.4 Å². The van der Waals surface area contributed by atoms with E-state index in [2.05, 4.69) is 24.0 Å². The number of likely N-dealkylation sites (tertiary alicyclic amines) is 1. The van der Waals surface area contributed by atoms with Gasteiger partial charge in [-0.05, 0) is 38.4 Å². The molecular weight excluding hydrogens is 324 g/mol. The minimum absolute atomic E-state index is 0.00860. The molecule has 2 saturated heterocycles. The molecule has 2 fully saturated rings. The van der Waals surface area contributed by atoms with Crippen LogP contribution in [0.5, 0.6) is 0 Å². The number of nitrogens with zero attached hydrogens (tertiary/aromatic N) is 2. The second-order valence-electron chi connectivity index (χ2n) is 7.25. The second-order valence-corrected chi connectivity index (χ2v) is 8.62. The maximum absolute atomic E-state index is 11.7. The molecule has 0 aromatic carbocycles. The molecule has 0 saturated carbocycles. The Bertz CT molecular complexity index is 574. The van der Waals surface area contributed by atoms with Gasteiger partial charge in [0.15, 0.2) is 0 Å². The molecule has 2 aliphatic heterocycles. The average Bonchev–Trinajstić information content (AvgIpc) is 3.11. The molecule has 2 aliphatic rings. The Balaban J connectivity index is 1.51. The number of ether oxygens (including phenoxy) is 2. The molecule has 3 rings (SSSR count). The lowest BCUT2D eigenvalue weighted by Gasteiger charge is -2.39. The standard InChI is InChI=1S/C18H28N2O3S/c1-14-5-6-16(24-14)10-20-8-4-7-18(13-20)9-15(11-23-18)22-12-17(21)19(2)3/h5-6,15H,4,7-13H2,1-3H3/t15-,18-/m1/s1. The van der Waals surface area contributed by atoms with E-state index in [0.29, 0.717) is 6.61 Å². The molecule has 0 unspecified atom stereocenters. The lowest BCUT2D eigenvalue weighted by atomic mass is 9.89. The Labute approximate surface area is 148 Å². The van der Waals surface area contributed by atoms with Crippen molar-refractivity contribution in [2.45, 2.75) is 44.4 Å². The SMILES string of the molecule is Cc1ccc(CN2CCC[C@@]3(C[C@@H](OCC(=O)N(C)C)CO3)C2)s1. The molecule has 1 aromatic heterocycles. The third-order valence-electron chi connectivity index (χ3n) is 4.91. The number of piperidine rings is 1. The Morgan fingerprint density at radius 2 is 2.33 bits per heavy atom. The van der Waals surface area contributed by atoms with Crippen LogP contribution in [0, 0.1) is 6.92 Å². The summed E-state index contributed by atoms with van der Waals surface area (Å²) < 4.78 is 11.9. The van der Waals surface area contributed by atoms with Crippen LogP contribution in [0.2, 0.25) is 0 Å². The van der Waals surface area contributed by atoms with Crippen LogP contribution in [-0.4, -0.2) is 67.8 Å². The normalized spacial score (nSPS) is 27.7. The summed E-state index contributed by atoms with van der Waals surface area (Å²) in [7, 11) is 3.51. The van der Waals surface area contributed by atoms with Crippen LogP contribution in [0.25, 0.3) is 0 Å². The van der Waals surface area contributed by atoms with Crippen molar-refractivity contribution in [3.05, 3.63) is 21.9 Å². The van der Waals surface area contributed by atoms with Gasteiger partial charge in [-0.1, -0.05) is 0 Å². The second kappa shape index (κ2) is 7.52. The van der Waals surface area contributed by atoms with Gasteiger partial charge in [0.2, 0.25) is 5.91 Å². The number of hydrogen-bond acceptors (Lipinski definition) is 5. The van der Waals surface area contributed by atoms with Crippen molar-refractivity contribution >= 4 is 17.2 Å². The van der Waals surface area contributed by atoms with Crippen molar-refractivity contribution in [1.82, 2.24) is 9.80 Å². The molecule has 6 heteroatoms. The molecule has 0 bridgehead atoms. The summed E-state index contributed by atoms with van der Waals surface area (Å²) in [5, 5.41) is 0. The van der Waals surface area contributed by atoms with Crippen molar-refractivity contribution in [3.8, 4) is 0 Å². The van der Waals surface area contributed by atoms with E-state index < -0.39 is 0 Å². The largest absolute Gasteiger partial charge is 0.371 e. The number of likely N-dealkylation sites (N-methyl/N-ethyl adjacent to an activating group) is 1. The van der Waals surface area contributed by atoms with E-state index in [0.717, 1.165) is 38.9 Å². The summed E-state index contributed by atoms with van der Waals surface area (Å²) >= 11 is 1.88. The fourth-order valence-corrected chi connectivity index (χ4v) is 4.56. The predicted octanol–water partition coefficient (Wildman–Crippen LogP) is 2.28. The van der Waals surface area contributed by atoms with E-state index in [-0.39, 0.29) is 24.2 Å². The van der Waals surface area contributed by atoms with Crippen LogP contribution in [0.15, 0.2) is 12.1 Å². The van der Waals surface area contributed by atoms with Gasteiger partial charge in [0.05, 0.1) is 18.3 Å². The molecule has 1 spiro atoms. The van der Waals surface area contributed by atoms with Crippen LogP contribution in [0.4, 0.5) is 0 Å². The van der Waals surface area contributed by atoms with Crippen LogP contribution >= 0.6 is 11.3 Å². The van der Waals surface area contributed by atoms with Crippen molar-refractivity contribution < 1.29 is 14.3 Å². The molecule has 134 valence electrons. The maximum Gasteiger partial charge on any atom is 0.248 e. The summed E-state index contributed by atoms with van der Waals surface area (Å²) in [4.78, 5) is 18.5. The summed E-state index contributed by atoms with van der Waals surface area (Å²) in [6, 6.07) is 4.42. The number of rotatable bonds is 5. The highest BCUT2D eigenvalue weighted by Crippen LogP contribution is 2.36. The number of thiophene rings is 1. The molecule has 1 amide bonds. The monoisotopic (exact) mass is 352 g/mol. The van der Waals surface area contributed by atoms with E-state index in [1.54, 1.807) is 19.0 Å². The third-order valence-corrected chi connectivity index (χ3v) is 5.90. The van der Waals surface area contributed by atoms with Gasteiger partial charge in [0.25, 0.3) is 0 Å². The average molecular weight is 353 g/mol. The van der Waals surface area contributed by atoms with Crippen LogP contribution < -0.4 is 0 Å². The van der Waals surface area contributed by atoms with Gasteiger partial charge in [0.1, 0.15) is 6.61 Å². The number of carbonyl (C=O) groups is 1. The molecule has 2 atom stereocenters. The smallest absolute Gasteiger partial charge is 0.248 e.